The van der Waals surface area contributed by atoms with Gasteiger partial charge in [0, 0.05) is 37.2 Å². The monoisotopic (exact) mass is 624 g/mol. The first-order valence-corrected chi connectivity index (χ1v) is 16.6. The Kier molecular flexibility index (Phi) is 6.14. The van der Waals surface area contributed by atoms with Gasteiger partial charge in [-0.3, -0.25) is 4.57 Å². The fourth-order valence-electron chi connectivity index (χ4n) is 6.99. The minimum atomic E-state index is 0.590. The number of allylic oxidation sites excluding steroid dienone is 2. The lowest BCUT2D eigenvalue weighted by Crippen LogP contribution is -2.17. The van der Waals surface area contributed by atoms with Crippen LogP contribution < -0.4 is 10.6 Å². The van der Waals surface area contributed by atoms with Gasteiger partial charge in [-0.15, -0.1) is 11.3 Å². The van der Waals surface area contributed by atoms with Gasteiger partial charge in [0.2, 0.25) is 5.95 Å². The van der Waals surface area contributed by atoms with Crippen molar-refractivity contribution in [2.45, 2.75) is 20.3 Å². The van der Waals surface area contributed by atoms with E-state index in [0.717, 1.165) is 73.2 Å². The van der Waals surface area contributed by atoms with Gasteiger partial charge in [-0.05, 0) is 43.7 Å². The van der Waals surface area contributed by atoms with Crippen molar-refractivity contribution in [2.24, 2.45) is 0 Å². The van der Waals surface area contributed by atoms with E-state index < -0.39 is 0 Å². The molecule has 0 saturated carbocycles. The number of hydrogen-bond donors (Lipinski definition) is 2. The van der Waals surface area contributed by atoms with Gasteiger partial charge in [0.15, 0.2) is 0 Å². The van der Waals surface area contributed by atoms with Crippen LogP contribution in [0, 0.1) is 11.3 Å². The molecule has 0 atom stereocenters. The van der Waals surface area contributed by atoms with Crippen LogP contribution in [-0.2, 0) is 0 Å². The molecule has 6 nitrogen and oxygen atoms in total. The summed E-state index contributed by atoms with van der Waals surface area (Å²) in [5, 5.41) is 23.0. The second kappa shape index (κ2) is 10.5. The number of anilines is 2. The molecule has 0 amide bonds. The lowest BCUT2D eigenvalue weighted by Gasteiger charge is -2.27. The number of rotatable bonds is 3. The summed E-state index contributed by atoms with van der Waals surface area (Å²) in [5.74, 6) is 0.590. The molecule has 1 aliphatic heterocycles. The van der Waals surface area contributed by atoms with Crippen molar-refractivity contribution in [1.29, 1.82) is 5.26 Å². The highest BCUT2D eigenvalue weighted by molar-refractivity contribution is 7.26. The highest BCUT2D eigenvalue weighted by atomic mass is 32.1. The quantitative estimate of drug-likeness (QED) is 0.204. The number of para-hydroxylation sites is 2. The van der Waals surface area contributed by atoms with Gasteiger partial charge >= 0.3 is 0 Å². The molecule has 7 heteroatoms. The van der Waals surface area contributed by atoms with E-state index >= 15 is 0 Å². The summed E-state index contributed by atoms with van der Waals surface area (Å²) in [6.07, 6.45) is 5.29. The summed E-state index contributed by atoms with van der Waals surface area (Å²) in [5.41, 5.74) is 9.50. The zero-order valence-electron chi connectivity index (χ0n) is 25.8. The Balaban J connectivity index is 1.47. The van der Waals surface area contributed by atoms with E-state index in [0.29, 0.717) is 11.5 Å². The lowest BCUT2D eigenvalue weighted by atomic mass is 10.0. The largest absolute Gasteiger partial charge is 0.352 e. The fraction of sp³-hybridized carbons (Fsp3) is 0.0750. The van der Waals surface area contributed by atoms with Gasteiger partial charge in [-0.1, -0.05) is 85.8 Å². The van der Waals surface area contributed by atoms with E-state index in [-0.39, 0.29) is 0 Å². The molecule has 1 aliphatic rings. The summed E-state index contributed by atoms with van der Waals surface area (Å²) >= 11 is 1.80. The van der Waals surface area contributed by atoms with E-state index in [9.17, 15) is 5.26 Å². The van der Waals surface area contributed by atoms with Crippen molar-refractivity contribution >= 4 is 75.6 Å². The molecule has 3 aromatic heterocycles. The first-order chi connectivity index (χ1) is 23.2. The van der Waals surface area contributed by atoms with E-state index in [1.54, 1.807) is 11.3 Å². The molecule has 0 spiro atoms. The summed E-state index contributed by atoms with van der Waals surface area (Å²) in [4.78, 5) is 10.5. The maximum absolute atomic E-state index is 9.70. The van der Waals surface area contributed by atoms with Gasteiger partial charge in [0.25, 0.3) is 0 Å². The van der Waals surface area contributed by atoms with Crippen molar-refractivity contribution in [1.82, 2.24) is 14.5 Å². The van der Waals surface area contributed by atoms with Crippen molar-refractivity contribution in [2.75, 3.05) is 10.6 Å². The SMILES string of the molecule is C/C=C1/Nc2c(c3c4ccccc4sc3c3c2c2ccccc2n3-c2nc(-c3cccc(C#N)c3)c3ccccc3n2)N/C1=C/CC. The predicted molar refractivity (Wildman–Crippen MR) is 196 cm³/mol. The third-order valence-electron chi connectivity index (χ3n) is 9.00. The van der Waals surface area contributed by atoms with E-state index in [4.69, 9.17) is 9.97 Å². The molecule has 8 aromatic rings. The van der Waals surface area contributed by atoms with Gasteiger partial charge < -0.3 is 10.6 Å². The van der Waals surface area contributed by atoms with Gasteiger partial charge in [-0.25, -0.2) is 9.97 Å². The van der Waals surface area contributed by atoms with Crippen LogP contribution in [0.5, 0.6) is 0 Å². The lowest BCUT2D eigenvalue weighted by molar-refractivity contribution is 1.02. The van der Waals surface area contributed by atoms with E-state index in [2.05, 4.69) is 102 Å². The number of nitrogens with one attached hydrogen (secondary N) is 2. The van der Waals surface area contributed by atoms with Crippen LogP contribution in [0.4, 0.5) is 11.4 Å². The summed E-state index contributed by atoms with van der Waals surface area (Å²) in [7, 11) is 0. The first kappa shape index (κ1) is 27.3. The normalized spacial score (nSPS) is 14.7. The number of nitriles is 1. The predicted octanol–water partition coefficient (Wildman–Crippen LogP) is 10.7. The zero-order chi connectivity index (χ0) is 31.6. The Morgan fingerprint density at radius 2 is 1.55 bits per heavy atom. The van der Waals surface area contributed by atoms with Crippen LogP contribution in [-0.4, -0.2) is 14.5 Å². The molecule has 0 saturated heterocycles. The van der Waals surface area contributed by atoms with Gasteiger partial charge in [0.1, 0.15) is 0 Å². The molecular formula is C40H28N6S. The maximum atomic E-state index is 9.70. The molecule has 224 valence electrons. The Morgan fingerprint density at radius 3 is 2.38 bits per heavy atom. The van der Waals surface area contributed by atoms with Gasteiger partial charge in [0.05, 0.1) is 61.3 Å². The van der Waals surface area contributed by atoms with Crippen LogP contribution in [0.1, 0.15) is 25.8 Å². The zero-order valence-corrected chi connectivity index (χ0v) is 26.6. The van der Waals surface area contributed by atoms with Crippen LogP contribution in [0.3, 0.4) is 0 Å². The van der Waals surface area contributed by atoms with Crippen molar-refractivity contribution in [3.63, 3.8) is 0 Å². The number of aromatic nitrogens is 3. The smallest absolute Gasteiger partial charge is 0.235 e. The number of hydrogen-bond acceptors (Lipinski definition) is 6. The Bertz CT molecular complexity index is 2700. The Hall–Kier alpha value is -5.97. The molecule has 0 radical (unpaired) electrons. The number of benzene rings is 5. The standard InChI is InChI=1S/C40H28N6S/c1-3-12-30-28(4-2)42-36-33-26-16-6-9-19-31(26)46(38(33)39-34(37(36)43-30)27-17-7-10-20-32(27)47-39)40-44-29-18-8-5-15-25(29)35(45-40)24-14-11-13-23(21-24)22-41/h4-21,42-43H,3H2,1-2H3/b28-4+,30-12+. The number of nitrogens with zero attached hydrogens (tertiary/aromatic N) is 4. The minimum Gasteiger partial charge on any atom is -0.352 e. The molecule has 2 N–H and O–H groups in total. The third kappa shape index (κ3) is 4.02. The summed E-state index contributed by atoms with van der Waals surface area (Å²) in [6, 6.07) is 35.2. The maximum Gasteiger partial charge on any atom is 0.235 e. The fourth-order valence-corrected chi connectivity index (χ4v) is 8.24. The Labute approximate surface area is 274 Å². The average Bonchev–Trinajstić information content (AvgIpc) is 3.68. The molecule has 0 unspecified atom stereocenters. The van der Waals surface area contributed by atoms with Crippen LogP contribution in [0.15, 0.2) is 121 Å². The van der Waals surface area contributed by atoms with E-state index in [1.807, 2.05) is 42.5 Å². The van der Waals surface area contributed by atoms with Crippen LogP contribution >= 0.6 is 11.3 Å². The topological polar surface area (TPSA) is 78.6 Å². The van der Waals surface area contributed by atoms with Crippen molar-refractivity contribution < 1.29 is 0 Å². The van der Waals surface area contributed by atoms with E-state index in [1.165, 1.54) is 20.2 Å². The highest BCUT2D eigenvalue weighted by Gasteiger charge is 2.29. The van der Waals surface area contributed by atoms with Gasteiger partial charge in [-0.2, -0.15) is 5.26 Å². The van der Waals surface area contributed by atoms with Crippen LogP contribution in [0.25, 0.3) is 70.1 Å². The molecular weight excluding hydrogens is 597 g/mol. The first-order valence-electron chi connectivity index (χ1n) is 15.8. The summed E-state index contributed by atoms with van der Waals surface area (Å²) < 4.78 is 4.64. The average molecular weight is 625 g/mol. The van der Waals surface area contributed by atoms with Crippen LogP contribution in [0.2, 0.25) is 0 Å². The molecule has 5 aromatic carbocycles. The highest BCUT2D eigenvalue weighted by Crippen LogP contribution is 2.53. The third-order valence-corrected chi connectivity index (χ3v) is 10.2. The Morgan fingerprint density at radius 1 is 0.809 bits per heavy atom. The molecule has 0 fully saturated rings. The van der Waals surface area contributed by atoms with Crippen molar-refractivity contribution in [3.05, 3.63) is 126 Å². The summed E-state index contributed by atoms with van der Waals surface area (Å²) in [6.45, 7) is 4.24. The molecule has 47 heavy (non-hydrogen) atoms. The molecule has 4 heterocycles. The minimum absolute atomic E-state index is 0.590. The molecule has 0 aliphatic carbocycles. The number of fused-ring (bicyclic) bond motifs is 11. The molecule has 9 rings (SSSR count). The van der Waals surface area contributed by atoms with Crippen molar-refractivity contribution in [3.8, 4) is 23.3 Å². The molecule has 0 bridgehead atoms. The second-order valence-electron chi connectivity index (χ2n) is 11.7. The number of thiophene rings is 1. The second-order valence-corrected chi connectivity index (χ2v) is 12.7.